The number of carbonyl (C=O) groups excluding carboxylic acids is 1. The average Bonchev–Trinajstić information content (AvgIpc) is 3.30. The Labute approximate surface area is 157 Å². The molecular formula is C16H17F3N6O3. The Balaban J connectivity index is 1.74. The van der Waals surface area contributed by atoms with Crippen LogP contribution < -0.4 is 10.8 Å². The quantitative estimate of drug-likeness (QED) is 0.372. The Kier molecular flexibility index (Phi) is 6.09. The molecule has 1 saturated heterocycles. The van der Waals surface area contributed by atoms with Gasteiger partial charge in [-0.15, -0.1) is 0 Å². The number of nitrogens with one attached hydrogen (secondary N) is 2. The van der Waals surface area contributed by atoms with Crippen LogP contribution in [0.25, 0.3) is 0 Å². The summed E-state index contributed by atoms with van der Waals surface area (Å²) >= 11 is 0. The predicted molar refractivity (Wildman–Crippen MR) is 91.1 cm³/mol. The number of aromatic nitrogens is 2. The average molecular weight is 398 g/mol. The molecule has 3 N–H and O–H groups in total. The Morgan fingerprint density at radius 1 is 1.39 bits per heavy atom. The third kappa shape index (κ3) is 4.39. The molecule has 0 unspecified atom stereocenters. The molecule has 0 bridgehead atoms. The Bertz CT molecular complexity index is 873. The Morgan fingerprint density at radius 2 is 2.21 bits per heavy atom. The number of nitrogens with zero attached hydrogens (tertiary/aromatic N) is 4. The maximum Gasteiger partial charge on any atom is 0.266 e. The van der Waals surface area contributed by atoms with Crippen molar-refractivity contribution in [3.63, 3.8) is 0 Å². The maximum absolute atomic E-state index is 13.4. The van der Waals surface area contributed by atoms with Gasteiger partial charge in [-0.25, -0.2) is 22.8 Å². The maximum atomic E-state index is 13.4. The van der Waals surface area contributed by atoms with Gasteiger partial charge in [0, 0.05) is 26.1 Å². The number of hydrogen-bond donors (Lipinski definition) is 3. The van der Waals surface area contributed by atoms with Crippen molar-refractivity contribution in [1.82, 2.24) is 20.7 Å². The van der Waals surface area contributed by atoms with E-state index in [-0.39, 0.29) is 28.9 Å². The van der Waals surface area contributed by atoms with Gasteiger partial charge in [-0.05, 0) is 34.9 Å². The molecule has 0 saturated carbocycles. The van der Waals surface area contributed by atoms with Crippen molar-refractivity contribution in [3.8, 4) is 0 Å². The molecule has 28 heavy (non-hydrogen) atoms. The van der Waals surface area contributed by atoms with Crippen molar-refractivity contribution < 1.29 is 27.8 Å². The van der Waals surface area contributed by atoms with Gasteiger partial charge in [0.2, 0.25) is 11.7 Å². The predicted octanol–water partition coefficient (Wildman–Crippen LogP) is 2.24. The minimum atomic E-state index is -3.01. The fraction of sp³-hybridized carbons (Fsp3) is 0.375. The topological polar surface area (TPSA) is 116 Å². The molecule has 2 aromatic rings. The number of rotatable bonds is 7. The number of carbonyl (C=O) groups is 1. The number of amidine groups is 1. The second kappa shape index (κ2) is 8.69. The molecule has 0 atom stereocenters. The SMILES string of the molecule is O=C1CCCN1CCNc1nonc1C(=Nc1ccc(F)c(C(F)F)c1)NO. The van der Waals surface area contributed by atoms with E-state index in [9.17, 15) is 23.2 Å². The van der Waals surface area contributed by atoms with Gasteiger partial charge in [-0.1, -0.05) is 0 Å². The number of likely N-dealkylation sites (tertiary alicyclic amines) is 1. The van der Waals surface area contributed by atoms with Crippen LogP contribution in [0.5, 0.6) is 0 Å². The van der Waals surface area contributed by atoms with E-state index in [1.807, 2.05) is 0 Å². The first-order valence-corrected chi connectivity index (χ1v) is 8.40. The number of anilines is 1. The second-order valence-corrected chi connectivity index (χ2v) is 5.95. The number of hydrogen-bond acceptors (Lipinski definition) is 7. The summed E-state index contributed by atoms with van der Waals surface area (Å²) in [4.78, 5) is 17.2. The highest BCUT2D eigenvalue weighted by atomic mass is 19.3. The van der Waals surface area contributed by atoms with Crippen molar-refractivity contribution in [2.75, 3.05) is 25.0 Å². The molecule has 150 valence electrons. The smallest absolute Gasteiger partial charge is 0.266 e. The number of halogens is 3. The molecule has 0 radical (unpaired) electrons. The molecule has 1 fully saturated rings. The number of amides is 1. The van der Waals surface area contributed by atoms with Gasteiger partial charge in [-0.2, -0.15) is 0 Å². The zero-order valence-electron chi connectivity index (χ0n) is 14.5. The molecule has 2 heterocycles. The Hall–Kier alpha value is -3.15. The van der Waals surface area contributed by atoms with Gasteiger partial charge < -0.3 is 10.2 Å². The minimum Gasteiger partial charge on any atom is -0.363 e. The van der Waals surface area contributed by atoms with E-state index < -0.39 is 17.8 Å². The van der Waals surface area contributed by atoms with Crippen LogP contribution in [0.2, 0.25) is 0 Å². The first-order valence-electron chi connectivity index (χ1n) is 8.40. The molecule has 0 aliphatic carbocycles. The molecule has 1 amide bonds. The molecule has 12 heteroatoms. The third-order valence-corrected chi connectivity index (χ3v) is 4.12. The Morgan fingerprint density at radius 3 is 2.89 bits per heavy atom. The van der Waals surface area contributed by atoms with Crippen LogP contribution in [-0.2, 0) is 4.79 Å². The fourth-order valence-electron chi connectivity index (χ4n) is 2.74. The number of benzene rings is 1. The monoisotopic (exact) mass is 398 g/mol. The molecule has 3 rings (SSSR count). The van der Waals surface area contributed by atoms with Crippen LogP contribution in [0.4, 0.5) is 24.7 Å². The zero-order chi connectivity index (χ0) is 20.1. The van der Waals surface area contributed by atoms with Crippen molar-refractivity contribution in [2.45, 2.75) is 19.3 Å². The third-order valence-electron chi connectivity index (χ3n) is 4.12. The van der Waals surface area contributed by atoms with Gasteiger partial charge in [0.05, 0.1) is 11.3 Å². The molecular weight excluding hydrogens is 381 g/mol. The lowest BCUT2D eigenvalue weighted by atomic mass is 10.2. The normalized spacial score (nSPS) is 14.8. The molecule has 9 nitrogen and oxygen atoms in total. The minimum absolute atomic E-state index is 0.0156. The lowest BCUT2D eigenvalue weighted by molar-refractivity contribution is -0.127. The summed E-state index contributed by atoms with van der Waals surface area (Å²) in [5.74, 6) is -1.10. The zero-order valence-corrected chi connectivity index (χ0v) is 14.5. The van der Waals surface area contributed by atoms with Crippen molar-refractivity contribution in [2.24, 2.45) is 4.99 Å². The number of alkyl halides is 2. The van der Waals surface area contributed by atoms with Crippen LogP contribution in [0.1, 0.15) is 30.5 Å². The van der Waals surface area contributed by atoms with Gasteiger partial charge >= 0.3 is 0 Å². The summed E-state index contributed by atoms with van der Waals surface area (Å²) in [6.45, 7) is 1.48. The summed E-state index contributed by atoms with van der Waals surface area (Å²) in [5.41, 5.74) is 0.930. The summed E-state index contributed by atoms with van der Waals surface area (Å²) in [7, 11) is 0. The van der Waals surface area contributed by atoms with E-state index in [0.717, 1.165) is 24.6 Å². The van der Waals surface area contributed by atoms with Crippen LogP contribution in [0.15, 0.2) is 27.8 Å². The second-order valence-electron chi connectivity index (χ2n) is 5.95. The fourth-order valence-corrected chi connectivity index (χ4v) is 2.74. The summed E-state index contributed by atoms with van der Waals surface area (Å²) in [6.07, 6.45) is -1.67. The van der Waals surface area contributed by atoms with Gasteiger partial charge in [-0.3, -0.25) is 15.5 Å². The standard InChI is InChI=1S/C16H17F3N6O3/c17-11-4-3-9(8-10(11)14(18)19)21-16(22-27)13-15(24-28-23-13)20-5-7-25-6-1-2-12(25)26/h3-4,8,14,27H,1-2,5-7H2,(H,20,24)(H,21,22). The van der Waals surface area contributed by atoms with E-state index in [0.29, 0.717) is 26.1 Å². The summed E-state index contributed by atoms with van der Waals surface area (Å²) in [6, 6.07) is 2.87. The highest BCUT2D eigenvalue weighted by Crippen LogP contribution is 2.27. The van der Waals surface area contributed by atoms with Crippen molar-refractivity contribution in [1.29, 1.82) is 0 Å². The van der Waals surface area contributed by atoms with E-state index in [1.165, 1.54) is 0 Å². The first kappa shape index (κ1) is 19.6. The van der Waals surface area contributed by atoms with E-state index in [2.05, 4.69) is 25.3 Å². The van der Waals surface area contributed by atoms with Crippen LogP contribution in [-0.4, -0.2) is 51.8 Å². The largest absolute Gasteiger partial charge is 0.363 e. The summed E-state index contributed by atoms with van der Waals surface area (Å²) in [5, 5.41) is 19.5. The van der Waals surface area contributed by atoms with Crippen LogP contribution in [0.3, 0.4) is 0 Å². The van der Waals surface area contributed by atoms with Gasteiger partial charge in [0.25, 0.3) is 6.43 Å². The van der Waals surface area contributed by atoms with Gasteiger partial charge in [0.1, 0.15) is 5.82 Å². The lowest BCUT2D eigenvalue weighted by Gasteiger charge is -2.15. The van der Waals surface area contributed by atoms with Crippen LogP contribution >= 0.6 is 0 Å². The summed E-state index contributed by atoms with van der Waals surface area (Å²) < 4.78 is 43.7. The van der Waals surface area contributed by atoms with E-state index >= 15 is 0 Å². The van der Waals surface area contributed by atoms with E-state index in [1.54, 1.807) is 10.4 Å². The highest BCUT2D eigenvalue weighted by Gasteiger charge is 2.21. The van der Waals surface area contributed by atoms with Gasteiger partial charge in [0.15, 0.2) is 11.5 Å². The van der Waals surface area contributed by atoms with Crippen molar-refractivity contribution >= 4 is 23.2 Å². The molecule has 1 aliphatic rings. The first-order chi connectivity index (χ1) is 13.5. The molecule has 1 aromatic carbocycles. The van der Waals surface area contributed by atoms with Crippen LogP contribution in [0, 0.1) is 5.82 Å². The van der Waals surface area contributed by atoms with E-state index in [4.69, 9.17) is 0 Å². The lowest BCUT2D eigenvalue weighted by Crippen LogP contribution is -2.30. The molecule has 1 aliphatic heterocycles. The molecule has 1 aromatic heterocycles. The number of hydroxylamine groups is 1. The molecule has 0 spiro atoms. The highest BCUT2D eigenvalue weighted by molar-refractivity contribution is 6.01. The number of aliphatic imine (C=N–C) groups is 1. The van der Waals surface area contributed by atoms with Crippen molar-refractivity contribution in [3.05, 3.63) is 35.3 Å².